The molecule has 8 heteroatoms. The van der Waals surface area contributed by atoms with Crippen LogP contribution in [0.4, 0.5) is 0 Å². The fraction of sp³-hybridized carbons (Fsp3) is 0.167. The van der Waals surface area contributed by atoms with Gasteiger partial charge in [0.25, 0.3) is 5.91 Å². The molecule has 1 heterocycles. The largest absolute Gasteiger partial charge is 0.394 e. The first-order valence-corrected chi connectivity index (χ1v) is 8.31. The van der Waals surface area contributed by atoms with E-state index in [4.69, 9.17) is 11.6 Å². The van der Waals surface area contributed by atoms with Crippen molar-refractivity contribution in [3.63, 3.8) is 0 Å². The zero-order valence-corrected chi connectivity index (χ0v) is 14.5. The van der Waals surface area contributed by atoms with Gasteiger partial charge in [0.15, 0.2) is 0 Å². The number of nitrogens with zero attached hydrogens (tertiary/aromatic N) is 1. The topological polar surface area (TPSA) is 107 Å². The summed E-state index contributed by atoms with van der Waals surface area (Å²) in [5.41, 5.74) is 2.67. The van der Waals surface area contributed by atoms with Gasteiger partial charge in [-0.1, -0.05) is 23.7 Å². The summed E-state index contributed by atoms with van der Waals surface area (Å²) in [6.07, 6.45) is 1.53. The van der Waals surface area contributed by atoms with Crippen molar-refractivity contribution in [1.82, 2.24) is 20.6 Å². The Hall–Kier alpha value is -2.90. The maximum absolute atomic E-state index is 12.3. The van der Waals surface area contributed by atoms with E-state index in [9.17, 15) is 14.7 Å². The predicted molar refractivity (Wildman–Crippen MR) is 97.7 cm³/mol. The fourth-order valence-corrected chi connectivity index (χ4v) is 2.55. The summed E-state index contributed by atoms with van der Waals surface area (Å²) >= 11 is 5.82. The molecule has 2 amide bonds. The molecule has 0 spiro atoms. The molecule has 2 aromatic carbocycles. The van der Waals surface area contributed by atoms with Gasteiger partial charge in [-0.25, -0.2) is 4.98 Å². The van der Waals surface area contributed by atoms with Crippen LogP contribution in [0.5, 0.6) is 0 Å². The molecular formula is C18H17ClN4O3. The SMILES string of the molecule is O=C(N[C@@H](CO)C(=O)NCc1ccc(Cl)cc1)c1ccc2nc[nH]c2c1. The Kier molecular flexibility index (Phi) is 5.50. The van der Waals surface area contributed by atoms with Gasteiger partial charge >= 0.3 is 0 Å². The Labute approximate surface area is 154 Å². The number of imidazole rings is 1. The van der Waals surface area contributed by atoms with Crippen LogP contribution in [0.25, 0.3) is 11.0 Å². The highest BCUT2D eigenvalue weighted by Gasteiger charge is 2.20. The van der Waals surface area contributed by atoms with Crippen LogP contribution in [0, 0.1) is 0 Å². The van der Waals surface area contributed by atoms with Gasteiger partial charge in [-0.2, -0.15) is 0 Å². The zero-order chi connectivity index (χ0) is 18.5. The molecule has 0 aliphatic rings. The van der Waals surface area contributed by atoms with E-state index in [1.165, 1.54) is 6.33 Å². The van der Waals surface area contributed by atoms with Crippen LogP contribution < -0.4 is 10.6 Å². The number of amides is 2. The Morgan fingerprint density at radius 2 is 1.96 bits per heavy atom. The van der Waals surface area contributed by atoms with E-state index >= 15 is 0 Å². The number of aliphatic hydroxyl groups excluding tert-OH is 1. The maximum atomic E-state index is 12.3. The van der Waals surface area contributed by atoms with Crippen molar-refractivity contribution in [1.29, 1.82) is 0 Å². The van der Waals surface area contributed by atoms with Gasteiger partial charge < -0.3 is 20.7 Å². The summed E-state index contributed by atoms with van der Waals surface area (Å²) < 4.78 is 0. The summed E-state index contributed by atoms with van der Waals surface area (Å²) in [5, 5.41) is 15.3. The van der Waals surface area contributed by atoms with Gasteiger partial charge in [-0.15, -0.1) is 0 Å². The van der Waals surface area contributed by atoms with Gasteiger partial charge in [0.2, 0.25) is 5.91 Å². The van der Waals surface area contributed by atoms with Crippen molar-refractivity contribution < 1.29 is 14.7 Å². The average molecular weight is 373 g/mol. The number of aliphatic hydroxyl groups is 1. The number of hydrogen-bond donors (Lipinski definition) is 4. The number of H-pyrrole nitrogens is 1. The van der Waals surface area contributed by atoms with Crippen molar-refractivity contribution in [2.45, 2.75) is 12.6 Å². The molecule has 0 bridgehead atoms. The standard InChI is InChI=1S/C18H17ClN4O3/c19-13-4-1-11(2-5-13)8-20-18(26)16(9-24)23-17(25)12-3-6-14-15(7-12)22-10-21-14/h1-7,10,16,24H,8-9H2,(H,20,26)(H,21,22)(H,23,25)/t16-/m0/s1. The molecule has 0 unspecified atom stereocenters. The maximum Gasteiger partial charge on any atom is 0.252 e. The summed E-state index contributed by atoms with van der Waals surface area (Å²) in [6.45, 7) is -0.243. The van der Waals surface area contributed by atoms with Gasteiger partial charge in [-0.05, 0) is 35.9 Å². The van der Waals surface area contributed by atoms with E-state index in [-0.39, 0.29) is 6.54 Å². The number of carbonyl (C=O) groups excluding carboxylic acids is 2. The Morgan fingerprint density at radius 3 is 2.69 bits per heavy atom. The van der Waals surface area contributed by atoms with Gasteiger partial charge in [0, 0.05) is 17.1 Å². The number of aromatic amines is 1. The molecule has 0 radical (unpaired) electrons. The number of nitrogens with one attached hydrogen (secondary N) is 3. The lowest BCUT2D eigenvalue weighted by Gasteiger charge is -2.16. The third kappa shape index (κ3) is 4.19. The summed E-state index contributed by atoms with van der Waals surface area (Å²) in [7, 11) is 0. The van der Waals surface area contributed by atoms with Gasteiger partial charge in [0.1, 0.15) is 6.04 Å². The van der Waals surface area contributed by atoms with E-state index in [1.54, 1.807) is 42.5 Å². The van der Waals surface area contributed by atoms with Crippen molar-refractivity contribution >= 4 is 34.4 Å². The molecule has 134 valence electrons. The van der Waals surface area contributed by atoms with Crippen LogP contribution >= 0.6 is 11.6 Å². The Bertz CT molecular complexity index is 924. The minimum absolute atomic E-state index is 0.266. The molecule has 1 atom stereocenters. The second kappa shape index (κ2) is 7.99. The highest BCUT2D eigenvalue weighted by atomic mass is 35.5. The second-order valence-corrected chi connectivity index (χ2v) is 6.12. The van der Waals surface area contributed by atoms with Crippen LogP contribution in [0.15, 0.2) is 48.8 Å². The van der Waals surface area contributed by atoms with E-state index in [2.05, 4.69) is 20.6 Å². The second-order valence-electron chi connectivity index (χ2n) is 5.69. The van der Waals surface area contributed by atoms with Gasteiger partial charge in [-0.3, -0.25) is 9.59 Å². The summed E-state index contributed by atoms with van der Waals surface area (Å²) in [6, 6.07) is 10.9. The van der Waals surface area contributed by atoms with Crippen molar-refractivity contribution in [2.24, 2.45) is 0 Å². The normalized spacial score (nSPS) is 11.9. The van der Waals surface area contributed by atoms with Crippen molar-refractivity contribution in [3.8, 4) is 0 Å². The molecule has 3 rings (SSSR count). The van der Waals surface area contributed by atoms with E-state index in [1.807, 2.05) is 0 Å². The molecule has 26 heavy (non-hydrogen) atoms. The zero-order valence-electron chi connectivity index (χ0n) is 13.7. The predicted octanol–water partition coefficient (Wildman–Crippen LogP) is 1.62. The van der Waals surface area contributed by atoms with Gasteiger partial charge in [0.05, 0.1) is 24.0 Å². The smallest absolute Gasteiger partial charge is 0.252 e. The highest BCUT2D eigenvalue weighted by molar-refractivity contribution is 6.30. The van der Waals surface area contributed by atoms with E-state index in [0.29, 0.717) is 16.1 Å². The monoisotopic (exact) mass is 372 g/mol. The average Bonchev–Trinajstić information content (AvgIpc) is 3.13. The number of rotatable bonds is 6. The first kappa shape index (κ1) is 17.9. The molecular weight excluding hydrogens is 356 g/mol. The highest BCUT2D eigenvalue weighted by Crippen LogP contribution is 2.12. The van der Waals surface area contributed by atoms with Crippen LogP contribution in [0.1, 0.15) is 15.9 Å². The molecule has 0 saturated heterocycles. The molecule has 4 N–H and O–H groups in total. The number of carbonyl (C=O) groups is 2. The number of benzene rings is 2. The molecule has 0 saturated carbocycles. The number of halogens is 1. The Balaban J connectivity index is 1.61. The van der Waals surface area contributed by atoms with E-state index in [0.717, 1.165) is 11.1 Å². The minimum atomic E-state index is -1.05. The summed E-state index contributed by atoms with van der Waals surface area (Å²) in [5.74, 6) is -0.930. The lowest BCUT2D eigenvalue weighted by Crippen LogP contribution is -2.48. The molecule has 7 nitrogen and oxygen atoms in total. The van der Waals surface area contributed by atoms with Crippen LogP contribution in [-0.2, 0) is 11.3 Å². The number of fused-ring (bicyclic) bond motifs is 1. The number of hydrogen-bond acceptors (Lipinski definition) is 4. The third-order valence-corrected chi connectivity index (χ3v) is 4.12. The molecule has 0 aliphatic heterocycles. The lowest BCUT2D eigenvalue weighted by atomic mass is 10.1. The van der Waals surface area contributed by atoms with Crippen LogP contribution in [0.2, 0.25) is 5.02 Å². The number of aromatic nitrogens is 2. The van der Waals surface area contributed by atoms with Crippen LogP contribution in [-0.4, -0.2) is 39.5 Å². The quantitative estimate of drug-likeness (QED) is 0.527. The first-order chi connectivity index (χ1) is 12.6. The molecule has 1 aromatic heterocycles. The minimum Gasteiger partial charge on any atom is -0.394 e. The van der Waals surface area contributed by atoms with E-state index < -0.39 is 24.5 Å². The molecule has 0 fully saturated rings. The molecule has 0 aliphatic carbocycles. The summed E-state index contributed by atoms with van der Waals surface area (Å²) in [4.78, 5) is 31.6. The third-order valence-electron chi connectivity index (χ3n) is 3.87. The Morgan fingerprint density at radius 1 is 1.19 bits per heavy atom. The van der Waals surface area contributed by atoms with Crippen molar-refractivity contribution in [3.05, 3.63) is 64.9 Å². The van der Waals surface area contributed by atoms with Crippen LogP contribution in [0.3, 0.4) is 0 Å². The fourth-order valence-electron chi connectivity index (χ4n) is 2.43. The first-order valence-electron chi connectivity index (χ1n) is 7.94. The molecule has 3 aromatic rings. The lowest BCUT2D eigenvalue weighted by molar-refractivity contribution is -0.124. The van der Waals surface area contributed by atoms with Crippen molar-refractivity contribution in [2.75, 3.05) is 6.61 Å².